The summed E-state index contributed by atoms with van der Waals surface area (Å²) in [6, 6.07) is 1.80. The van der Waals surface area contributed by atoms with Crippen molar-refractivity contribution in [1.29, 1.82) is 0 Å². The number of hydrogen-bond donors (Lipinski definition) is 1. The molecule has 22 heavy (non-hydrogen) atoms. The second-order valence-electron chi connectivity index (χ2n) is 4.76. The molecule has 2 aromatic rings. The van der Waals surface area contributed by atoms with Crippen molar-refractivity contribution in [3.63, 3.8) is 0 Å². The van der Waals surface area contributed by atoms with E-state index in [2.05, 4.69) is 9.97 Å². The van der Waals surface area contributed by atoms with Crippen molar-refractivity contribution in [3.05, 3.63) is 41.7 Å². The molecule has 0 aliphatic carbocycles. The monoisotopic (exact) mass is 305 g/mol. The van der Waals surface area contributed by atoms with Gasteiger partial charge in [0.1, 0.15) is 5.75 Å². The van der Waals surface area contributed by atoms with Crippen LogP contribution in [0.5, 0.6) is 5.75 Å². The molecule has 2 rings (SSSR count). The molecule has 1 N–H and O–H groups in total. The van der Waals surface area contributed by atoms with Crippen LogP contribution in [0.15, 0.2) is 24.7 Å². The Morgan fingerprint density at radius 3 is 2.86 bits per heavy atom. The van der Waals surface area contributed by atoms with E-state index in [0.29, 0.717) is 19.8 Å². The highest BCUT2D eigenvalue weighted by molar-refractivity contribution is 5.83. The number of imidazole rings is 1. The van der Waals surface area contributed by atoms with Gasteiger partial charge in [0, 0.05) is 44.3 Å². The third-order valence-corrected chi connectivity index (χ3v) is 3.24. The van der Waals surface area contributed by atoms with E-state index in [9.17, 15) is 4.79 Å². The second kappa shape index (κ2) is 7.56. The van der Waals surface area contributed by atoms with Crippen LogP contribution in [0.4, 0.5) is 0 Å². The Morgan fingerprint density at radius 2 is 2.14 bits per heavy atom. The molecular formula is C15H19N3O4. The summed E-state index contributed by atoms with van der Waals surface area (Å²) in [7, 11) is 1.65. The molecule has 0 spiro atoms. The Bertz CT molecular complexity index is 639. The van der Waals surface area contributed by atoms with Gasteiger partial charge < -0.3 is 19.1 Å². The number of pyridine rings is 1. The number of hydrogen-bond acceptors (Lipinski definition) is 5. The van der Waals surface area contributed by atoms with Crippen molar-refractivity contribution in [2.45, 2.75) is 19.9 Å². The highest BCUT2D eigenvalue weighted by Gasteiger charge is 2.13. The van der Waals surface area contributed by atoms with E-state index in [4.69, 9.17) is 14.6 Å². The lowest BCUT2D eigenvalue weighted by Gasteiger charge is -2.12. The summed E-state index contributed by atoms with van der Waals surface area (Å²) in [6.07, 6.45) is 5.55. The van der Waals surface area contributed by atoms with E-state index < -0.39 is 5.97 Å². The number of carboxylic acids is 1. The number of ether oxygens (including phenoxy) is 2. The molecule has 2 heterocycles. The molecule has 0 amide bonds. The summed E-state index contributed by atoms with van der Waals surface area (Å²) in [4.78, 5) is 19.2. The fourth-order valence-electron chi connectivity index (χ4n) is 2.06. The molecule has 0 saturated heterocycles. The average Bonchev–Trinajstić information content (AvgIpc) is 2.95. The van der Waals surface area contributed by atoms with Crippen molar-refractivity contribution in [2.75, 3.05) is 20.3 Å². The van der Waals surface area contributed by atoms with Gasteiger partial charge >= 0.3 is 5.97 Å². The van der Waals surface area contributed by atoms with Gasteiger partial charge in [0.2, 0.25) is 5.82 Å². The Hall–Kier alpha value is -2.41. The summed E-state index contributed by atoms with van der Waals surface area (Å²) in [5.74, 6) is -0.319. The Morgan fingerprint density at radius 1 is 1.32 bits per heavy atom. The molecule has 7 nitrogen and oxygen atoms in total. The van der Waals surface area contributed by atoms with Gasteiger partial charge in [-0.2, -0.15) is 0 Å². The Kier molecular flexibility index (Phi) is 5.48. The van der Waals surface area contributed by atoms with Crippen LogP contribution in [0.2, 0.25) is 0 Å². The van der Waals surface area contributed by atoms with E-state index in [1.165, 1.54) is 6.20 Å². The maximum atomic E-state index is 11.1. The topological polar surface area (TPSA) is 86.5 Å². The van der Waals surface area contributed by atoms with Gasteiger partial charge in [-0.05, 0) is 13.0 Å². The molecular weight excluding hydrogens is 286 g/mol. The molecule has 0 fully saturated rings. The van der Waals surface area contributed by atoms with Gasteiger partial charge in [0.05, 0.1) is 18.8 Å². The lowest BCUT2D eigenvalue weighted by atomic mass is 10.2. The summed E-state index contributed by atoms with van der Waals surface area (Å²) in [5, 5.41) is 9.08. The quantitative estimate of drug-likeness (QED) is 0.748. The zero-order chi connectivity index (χ0) is 15.9. The lowest BCUT2D eigenvalue weighted by molar-refractivity contribution is 0.0678. The minimum absolute atomic E-state index is 0.00684. The SMILES string of the molecule is COCCCOc1ccnc(Cn2ccnc2C(=O)O)c1C. The first-order chi connectivity index (χ1) is 10.6. The minimum atomic E-state index is -1.06. The molecule has 0 saturated carbocycles. The number of carbonyl (C=O) groups is 1. The van der Waals surface area contributed by atoms with Gasteiger partial charge in [-0.15, -0.1) is 0 Å². The van der Waals surface area contributed by atoms with E-state index in [0.717, 1.165) is 23.4 Å². The zero-order valence-electron chi connectivity index (χ0n) is 12.7. The first-order valence-electron chi connectivity index (χ1n) is 6.94. The molecule has 0 aromatic carbocycles. The van der Waals surface area contributed by atoms with Crippen molar-refractivity contribution in [2.24, 2.45) is 0 Å². The van der Waals surface area contributed by atoms with Gasteiger partial charge in [0.15, 0.2) is 0 Å². The van der Waals surface area contributed by atoms with Gasteiger partial charge in [-0.1, -0.05) is 0 Å². The van der Waals surface area contributed by atoms with Crippen LogP contribution in [-0.2, 0) is 11.3 Å². The molecule has 0 aliphatic rings. The average molecular weight is 305 g/mol. The first kappa shape index (κ1) is 16.0. The molecule has 0 aliphatic heterocycles. The van der Waals surface area contributed by atoms with Crippen molar-refractivity contribution in [1.82, 2.24) is 14.5 Å². The van der Waals surface area contributed by atoms with E-state index >= 15 is 0 Å². The number of aromatic carboxylic acids is 1. The fraction of sp³-hybridized carbons (Fsp3) is 0.400. The van der Waals surface area contributed by atoms with Gasteiger partial charge in [0.25, 0.3) is 0 Å². The number of nitrogens with zero attached hydrogens (tertiary/aromatic N) is 3. The molecule has 0 atom stereocenters. The number of methoxy groups -OCH3 is 1. The molecule has 7 heteroatoms. The summed E-state index contributed by atoms with van der Waals surface area (Å²) >= 11 is 0. The van der Waals surface area contributed by atoms with Crippen LogP contribution < -0.4 is 4.74 Å². The van der Waals surface area contributed by atoms with Crippen molar-refractivity contribution >= 4 is 5.97 Å². The summed E-state index contributed by atoms with van der Waals surface area (Å²) in [5.41, 5.74) is 1.65. The molecule has 118 valence electrons. The lowest BCUT2D eigenvalue weighted by Crippen LogP contribution is -2.12. The van der Waals surface area contributed by atoms with Crippen LogP contribution >= 0.6 is 0 Å². The summed E-state index contributed by atoms with van der Waals surface area (Å²) < 4.78 is 12.2. The minimum Gasteiger partial charge on any atom is -0.493 e. The van der Waals surface area contributed by atoms with Crippen molar-refractivity contribution < 1.29 is 19.4 Å². The molecule has 0 unspecified atom stereocenters. The maximum absolute atomic E-state index is 11.1. The van der Waals surface area contributed by atoms with Crippen LogP contribution in [-0.4, -0.2) is 45.9 Å². The summed E-state index contributed by atoms with van der Waals surface area (Å²) in [6.45, 7) is 3.45. The molecule has 2 aromatic heterocycles. The van der Waals surface area contributed by atoms with Crippen molar-refractivity contribution in [3.8, 4) is 5.75 Å². The van der Waals surface area contributed by atoms with Crippen LogP contribution in [0.25, 0.3) is 0 Å². The van der Waals surface area contributed by atoms with E-state index in [-0.39, 0.29) is 5.82 Å². The Balaban J connectivity index is 2.11. The third-order valence-electron chi connectivity index (χ3n) is 3.24. The smallest absolute Gasteiger partial charge is 0.372 e. The molecule has 0 bridgehead atoms. The normalized spacial score (nSPS) is 10.6. The number of aromatic nitrogens is 3. The fourth-order valence-corrected chi connectivity index (χ4v) is 2.06. The Labute approximate surface area is 128 Å². The predicted octanol–water partition coefficient (Wildman–Crippen LogP) is 1.75. The van der Waals surface area contributed by atoms with Gasteiger partial charge in [-0.3, -0.25) is 4.98 Å². The highest BCUT2D eigenvalue weighted by atomic mass is 16.5. The predicted molar refractivity (Wildman–Crippen MR) is 79.3 cm³/mol. The largest absolute Gasteiger partial charge is 0.493 e. The van der Waals surface area contributed by atoms with Gasteiger partial charge in [-0.25, -0.2) is 9.78 Å². The van der Waals surface area contributed by atoms with E-state index in [1.54, 1.807) is 30.1 Å². The van der Waals surface area contributed by atoms with Crippen LogP contribution in [0.1, 0.15) is 28.3 Å². The highest BCUT2D eigenvalue weighted by Crippen LogP contribution is 2.20. The second-order valence-corrected chi connectivity index (χ2v) is 4.76. The zero-order valence-corrected chi connectivity index (χ0v) is 12.7. The van der Waals surface area contributed by atoms with Crippen LogP contribution in [0.3, 0.4) is 0 Å². The van der Waals surface area contributed by atoms with E-state index in [1.807, 2.05) is 6.92 Å². The number of rotatable bonds is 8. The number of carboxylic acid groups (broad SMARTS) is 1. The first-order valence-corrected chi connectivity index (χ1v) is 6.94. The molecule has 0 radical (unpaired) electrons. The third kappa shape index (κ3) is 3.82. The van der Waals surface area contributed by atoms with Crippen LogP contribution in [0, 0.1) is 6.92 Å². The standard InChI is InChI=1S/C15H19N3O4/c1-11-12(10-18-7-6-17-14(18)15(19)20)16-5-4-13(11)22-9-3-8-21-2/h4-7H,3,8-10H2,1-2H3,(H,19,20). The maximum Gasteiger partial charge on any atom is 0.372 e.